The summed E-state index contributed by atoms with van der Waals surface area (Å²) in [5.74, 6) is -2.59. The molecule has 33 heavy (non-hydrogen) atoms. The molecule has 3 N–H and O–H groups in total. The molecular weight excluding hydrogens is 474 g/mol. The predicted molar refractivity (Wildman–Crippen MR) is 122 cm³/mol. The van der Waals surface area contributed by atoms with E-state index in [-0.39, 0.29) is 27.2 Å². The van der Waals surface area contributed by atoms with Gasteiger partial charge >= 0.3 is 23.7 Å². The van der Waals surface area contributed by atoms with Crippen LogP contribution in [-0.2, 0) is 22.6 Å². The Labute approximate surface area is 194 Å². The van der Waals surface area contributed by atoms with Crippen molar-refractivity contribution >= 4 is 50.9 Å². The van der Waals surface area contributed by atoms with Gasteiger partial charge in [0.1, 0.15) is 21.2 Å². The van der Waals surface area contributed by atoms with Crippen LogP contribution in [0.4, 0.5) is 4.79 Å². The Morgan fingerprint density at radius 2 is 1.76 bits per heavy atom. The van der Waals surface area contributed by atoms with E-state index in [1.165, 1.54) is 17.5 Å². The molecule has 1 amide bonds. The quantitative estimate of drug-likeness (QED) is 0.449. The number of carbonyl (C=O) groups excluding carboxylic acids is 1. The van der Waals surface area contributed by atoms with E-state index in [0.29, 0.717) is 0 Å². The van der Waals surface area contributed by atoms with Crippen LogP contribution < -0.4 is 16.6 Å². The van der Waals surface area contributed by atoms with Crippen LogP contribution in [0.2, 0.25) is 0 Å². The molecule has 13 heteroatoms. The number of ether oxygens (including phenoxy) is 1. The van der Waals surface area contributed by atoms with Gasteiger partial charge in [-0.05, 0) is 49.2 Å². The number of thiophene rings is 2. The molecule has 3 aromatic heterocycles. The smallest absolute Gasteiger partial charge is 0.408 e. The Hall–Kier alpha value is -3.45. The van der Waals surface area contributed by atoms with Gasteiger partial charge in [-0.25, -0.2) is 19.2 Å². The largest absolute Gasteiger partial charge is 0.480 e. The first-order valence-electron chi connectivity index (χ1n) is 9.62. The van der Waals surface area contributed by atoms with E-state index < -0.39 is 47.5 Å². The van der Waals surface area contributed by atoms with Crippen molar-refractivity contribution < 1.29 is 29.3 Å². The summed E-state index contributed by atoms with van der Waals surface area (Å²) < 4.78 is 7.24. The lowest BCUT2D eigenvalue weighted by molar-refractivity contribution is -0.139. The van der Waals surface area contributed by atoms with Gasteiger partial charge in [0.2, 0.25) is 0 Å². The minimum Gasteiger partial charge on any atom is -0.480 e. The third-order valence-electron chi connectivity index (χ3n) is 4.46. The maximum atomic E-state index is 13.2. The Kier molecular flexibility index (Phi) is 6.74. The lowest BCUT2D eigenvalue weighted by atomic mass is 10.2. The zero-order valence-electron chi connectivity index (χ0n) is 17.9. The molecule has 0 aliphatic heterocycles. The molecule has 0 spiro atoms. The summed E-state index contributed by atoms with van der Waals surface area (Å²) in [6.45, 7) is 4.08. The van der Waals surface area contributed by atoms with Crippen LogP contribution >= 0.6 is 22.7 Å². The number of carbonyl (C=O) groups is 3. The summed E-state index contributed by atoms with van der Waals surface area (Å²) in [5, 5.41) is 24.3. The summed E-state index contributed by atoms with van der Waals surface area (Å²) in [7, 11) is 0. The highest BCUT2D eigenvalue weighted by Crippen LogP contribution is 2.19. The molecule has 0 aliphatic carbocycles. The second kappa shape index (κ2) is 9.19. The van der Waals surface area contributed by atoms with E-state index in [9.17, 15) is 34.2 Å². The molecule has 3 rings (SSSR count). The predicted octanol–water partition coefficient (Wildman–Crippen LogP) is 2.01. The number of nitrogens with zero attached hydrogens (tertiary/aromatic N) is 2. The third kappa shape index (κ3) is 5.31. The second-order valence-corrected chi connectivity index (χ2v) is 9.87. The van der Waals surface area contributed by atoms with Crippen molar-refractivity contribution in [2.45, 2.75) is 45.5 Å². The van der Waals surface area contributed by atoms with Crippen molar-refractivity contribution in [2.75, 3.05) is 0 Å². The highest BCUT2D eigenvalue weighted by molar-refractivity contribution is 7.17. The fourth-order valence-corrected chi connectivity index (χ4v) is 4.68. The topological polar surface area (TPSA) is 157 Å². The second-order valence-electron chi connectivity index (χ2n) is 8.04. The maximum absolute atomic E-state index is 13.2. The number of nitrogens with one attached hydrogen (secondary N) is 1. The number of aromatic carboxylic acids is 1. The van der Waals surface area contributed by atoms with Crippen molar-refractivity contribution in [2.24, 2.45) is 0 Å². The first-order valence-corrected chi connectivity index (χ1v) is 11.4. The van der Waals surface area contributed by atoms with Crippen molar-refractivity contribution in [1.29, 1.82) is 0 Å². The molecule has 1 atom stereocenters. The zero-order valence-corrected chi connectivity index (χ0v) is 19.5. The highest BCUT2D eigenvalue weighted by Gasteiger charge is 2.27. The first kappa shape index (κ1) is 24.2. The molecule has 3 aromatic rings. The highest BCUT2D eigenvalue weighted by atomic mass is 32.1. The molecule has 3 heterocycles. The van der Waals surface area contributed by atoms with Gasteiger partial charge in [0, 0.05) is 0 Å². The van der Waals surface area contributed by atoms with Gasteiger partial charge in [0.15, 0.2) is 0 Å². The molecular formula is C20H21N3O8S2. The fourth-order valence-electron chi connectivity index (χ4n) is 3.09. The van der Waals surface area contributed by atoms with Crippen molar-refractivity contribution in [3.63, 3.8) is 0 Å². The number of aliphatic carboxylic acids is 1. The molecule has 0 radical (unpaired) electrons. The maximum Gasteiger partial charge on any atom is 0.408 e. The molecule has 176 valence electrons. The van der Waals surface area contributed by atoms with Crippen molar-refractivity contribution in [1.82, 2.24) is 14.5 Å². The minimum absolute atomic E-state index is 0.00543. The van der Waals surface area contributed by atoms with Crippen LogP contribution in [0, 0.1) is 0 Å². The van der Waals surface area contributed by atoms with E-state index in [1.807, 2.05) is 0 Å². The van der Waals surface area contributed by atoms with Gasteiger partial charge in [-0.2, -0.15) is 0 Å². The number of carboxylic acids is 2. The van der Waals surface area contributed by atoms with E-state index in [2.05, 4.69) is 5.32 Å². The molecule has 0 fully saturated rings. The number of hydrogen-bond donors (Lipinski definition) is 3. The number of rotatable bonds is 7. The standard InChI is InChI=1S/C20H21N3O8S2/c1-20(2,3)31-18(29)21-11(16(25)26)9-22-12-5-7-33-14(12)15(24)23(19(22)30)8-10-4-6-32-13(10)17(27)28/h4-7,11H,8-9H2,1-3H3,(H,21,29)(H,25,26)(H,27,28)/t11-/m0/s1. The van der Waals surface area contributed by atoms with E-state index in [4.69, 9.17) is 4.74 Å². The fraction of sp³-hybridized carbons (Fsp3) is 0.350. The Morgan fingerprint density at radius 1 is 1.09 bits per heavy atom. The van der Waals surface area contributed by atoms with Crippen LogP contribution in [0.15, 0.2) is 32.5 Å². The van der Waals surface area contributed by atoms with Gasteiger partial charge < -0.3 is 20.3 Å². The average molecular weight is 496 g/mol. The molecule has 11 nitrogen and oxygen atoms in total. The number of alkyl carbamates (subject to hydrolysis) is 1. The summed E-state index contributed by atoms with van der Waals surface area (Å²) in [6.07, 6.45) is -0.970. The Balaban J connectivity index is 2.04. The van der Waals surface area contributed by atoms with Crippen molar-refractivity contribution in [3.05, 3.63) is 54.2 Å². The van der Waals surface area contributed by atoms with E-state index in [1.54, 1.807) is 26.2 Å². The van der Waals surface area contributed by atoms with Gasteiger partial charge in [-0.1, -0.05) is 0 Å². The van der Waals surface area contributed by atoms with Gasteiger partial charge in [-0.15, -0.1) is 22.7 Å². The molecule has 0 bridgehead atoms. The minimum atomic E-state index is -1.53. The van der Waals surface area contributed by atoms with Crippen molar-refractivity contribution in [3.8, 4) is 0 Å². The van der Waals surface area contributed by atoms with Crippen LogP contribution in [-0.4, -0.2) is 49.0 Å². The SMILES string of the molecule is CC(C)(C)OC(=O)N[C@@H](Cn1c(=O)n(Cc2ccsc2C(=O)O)c(=O)c2sccc21)C(=O)O. The van der Waals surface area contributed by atoms with Crippen LogP contribution in [0.3, 0.4) is 0 Å². The monoisotopic (exact) mass is 495 g/mol. The summed E-state index contributed by atoms with van der Waals surface area (Å²) in [4.78, 5) is 61.5. The third-order valence-corrected chi connectivity index (χ3v) is 6.30. The number of fused-ring (bicyclic) bond motifs is 1. The normalized spacial score (nSPS) is 12.5. The molecule has 0 saturated carbocycles. The van der Waals surface area contributed by atoms with E-state index >= 15 is 0 Å². The lowest BCUT2D eigenvalue weighted by Gasteiger charge is -2.22. The van der Waals surface area contributed by atoms with Crippen LogP contribution in [0.25, 0.3) is 10.2 Å². The summed E-state index contributed by atoms with van der Waals surface area (Å²) >= 11 is 2.03. The number of aromatic nitrogens is 2. The molecule has 0 aromatic carbocycles. The van der Waals surface area contributed by atoms with Gasteiger partial charge in [0.05, 0.1) is 18.6 Å². The number of carboxylic acid groups (broad SMARTS) is 2. The average Bonchev–Trinajstić information content (AvgIpc) is 3.35. The zero-order chi connectivity index (χ0) is 24.5. The van der Waals surface area contributed by atoms with Gasteiger partial charge in [0.25, 0.3) is 5.56 Å². The Morgan fingerprint density at radius 3 is 2.36 bits per heavy atom. The summed E-state index contributed by atoms with van der Waals surface area (Å²) in [5.41, 5.74) is -1.82. The first-order chi connectivity index (χ1) is 15.4. The summed E-state index contributed by atoms with van der Waals surface area (Å²) in [6, 6.07) is 1.49. The van der Waals surface area contributed by atoms with Gasteiger partial charge in [-0.3, -0.25) is 13.9 Å². The van der Waals surface area contributed by atoms with Crippen LogP contribution in [0.1, 0.15) is 36.0 Å². The molecule has 0 unspecified atom stereocenters. The lowest BCUT2D eigenvalue weighted by Crippen LogP contribution is -2.49. The number of hydrogen-bond acceptors (Lipinski definition) is 8. The molecule has 0 aliphatic rings. The van der Waals surface area contributed by atoms with Crippen LogP contribution in [0.5, 0.6) is 0 Å². The number of amides is 1. The Bertz CT molecular complexity index is 1340. The molecule has 0 saturated heterocycles. The van der Waals surface area contributed by atoms with E-state index in [0.717, 1.165) is 31.8 Å².